The summed E-state index contributed by atoms with van der Waals surface area (Å²) in [5.41, 5.74) is 6.96. The molecule has 98 valence electrons. The van der Waals surface area contributed by atoms with Crippen LogP contribution in [0, 0.1) is 0 Å². The van der Waals surface area contributed by atoms with E-state index < -0.39 is 0 Å². The number of benzene rings is 1. The molecule has 0 aromatic heterocycles. The monoisotopic (exact) mass is 264 g/mol. The molecule has 1 aliphatic rings. The molecule has 0 spiro atoms. The van der Waals surface area contributed by atoms with E-state index in [4.69, 9.17) is 5.73 Å². The van der Waals surface area contributed by atoms with E-state index in [2.05, 4.69) is 6.07 Å². The summed E-state index contributed by atoms with van der Waals surface area (Å²) in [6.45, 7) is 1.97. The summed E-state index contributed by atoms with van der Waals surface area (Å²) in [6.07, 6.45) is 2.32. The third-order valence-electron chi connectivity index (χ3n) is 3.23. The molecule has 1 amide bonds. The molecular formula is C14H20N2OS. The van der Waals surface area contributed by atoms with E-state index >= 15 is 0 Å². The summed E-state index contributed by atoms with van der Waals surface area (Å²) >= 11 is 1.59. The number of carbonyl (C=O) groups excluding carboxylic acids is 1. The maximum Gasteiger partial charge on any atom is 0.232 e. The predicted octanol–water partition coefficient (Wildman–Crippen LogP) is 2.42. The molecule has 1 atom stereocenters. The Bertz CT molecular complexity index is 430. The number of hydrogen-bond acceptors (Lipinski definition) is 3. The summed E-state index contributed by atoms with van der Waals surface area (Å²) < 4.78 is 0. The topological polar surface area (TPSA) is 46.3 Å². The van der Waals surface area contributed by atoms with Crippen molar-refractivity contribution in [3.8, 4) is 0 Å². The molecule has 0 bridgehead atoms. The van der Waals surface area contributed by atoms with Gasteiger partial charge in [-0.1, -0.05) is 12.1 Å². The van der Waals surface area contributed by atoms with Crippen LogP contribution in [0.5, 0.6) is 0 Å². The number of nitrogens with two attached hydrogens (primary N) is 1. The highest BCUT2D eigenvalue weighted by atomic mass is 32.2. The van der Waals surface area contributed by atoms with Crippen LogP contribution in [0.1, 0.15) is 31.4 Å². The molecular weight excluding hydrogens is 244 g/mol. The summed E-state index contributed by atoms with van der Waals surface area (Å²) in [5, 5.41) is 0. The van der Waals surface area contributed by atoms with Crippen LogP contribution in [0.2, 0.25) is 0 Å². The highest BCUT2D eigenvalue weighted by Gasteiger charge is 2.29. The highest BCUT2D eigenvalue weighted by molar-refractivity contribution is 8.00. The van der Waals surface area contributed by atoms with E-state index in [9.17, 15) is 4.79 Å². The van der Waals surface area contributed by atoms with Gasteiger partial charge >= 0.3 is 0 Å². The van der Waals surface area contributed by atoms with E-state index in [0.717, 1.165) is 23.3 Å². The number of thioether (sulfide) groups is 1. The van der Waals surface area contributed by atoms with Crippen molar-refractivity contribution >= 4 is 17.7 Å². The molecule has 2 rings (SSSR count). The minimum Gasteiger partial charge on any atom is -0.342 e. The van der Waals surface area contributed by atoms with Gasteiger partial charge in [-0.2, -0.15) is 0 Å². The number of hydrogen-bond donors (Lipinski definition) is 1. The number of carbonyl (C=O) groups is 1. The normalized spacial score (nSPS) is 16.4. The largest absolute Gasteiger partial charge is 0.342 e. The summed E-state index contributed by atoms with van der Waals surface area (Å²) in [5.74, 6) is 0.726. The van der Waals surface area contributed by atoms with Gasteiger partial charge in [-0.05, 0) is 37.5 Å². The van der Waals surface area contributed by atoms with Crippen molar-refractivity contribution in [2.45, 2.75) is 36.7 Å². The average Bonchev–Trinajstić information content (AvgIpc) is 3.19. The molecule has 0 radical (unpaired) electrons. The fraction of sp³-hybridized carbons (Fsp3) is 0.500. The van der Waals surface area contributed by atoms with E-state index in [-0.39, 0.29) is 11.9 Å². The zero-order valence-electron chi connectivity index (χ0n) is 10.9. The van der Waals surface area contributed by atoms with Crippen molar-refractivity contribution in [3.05, 3.63) is 29.8 Å². The molecule has 1 aromatic carbocycles. The van der Waals surface area contributed by atoms with Crippen LogP contribution < -0.4 is 5.73 Å². The molecule has 1 saturated carbocycles. The molecule has 4 heteroatoms. The fourth-order valence-corrected chi connectivity index (χ4v) is 2.69. The third kappa shape index (κ3) is 3.50. The molecule has 1 unspecified atom stereocenters. The molecule has 18 heavy (non-hydrogen) atoms. The second-order valence-corrected chi connectivity index (χ2v) is 5.93. The van der Waals surface area contributed by atoms with Crippen molar-refractivity contribution in [2.24, 2.45) is 5.73 Å². The first-order valence-corrected chi connectivity index (χ1v) is 7.30. The van der Waals surface area contributed by atoms with Gasteiger partial charge in [0.15, 0.2) is 0 Å². The summed E-state index contributed by atoms with van der Waals surface area (Å²) in [7, 11) is 1.90. The number of nitrogens with zero attached hydrogens (tertiary/aromatic N) is 1. The summed E-state index contributed by atoms with van der Waals surface area (Å²) in [6, 6.07) is 8.65. The first-order chi connectivity index (χ1) is 8.58. The summed E-state index contributed by atoms with van der Waals surface area (Å²) in [4.78, 5) is 14.9. The average molecular weight is 264 g/mol. The maximum atomic E-state index is 11.9. The first-order valence-electron chi connectivity index (χ1n) is 6.32. The van der Waals surface area contributed by atoms with Gasteiger partial charge in [0, 0.05) is 24.0 Å². The minimum absolute atomic E-state index is 0.0374. The lowest BCUT2D eigenvalue weighted by molar-refractivity contribution is -0.127. The fourth-order valence-electron chi connectivity index (χ4n) is 1.80. The third-order valence-corrected chi connectivity index (χ3v) is 4.21. The lowest BCUT2D eigenvalue weighted by atomic mass is 10.1. The van der Waals surface area contributed by atoms with Crippen LogP contribution in [0.15, 0.2) is 29.2 Å². The standard InChI is InChI=1S/C14H20N2OS/c1-10(15)11-4-3-5-13(8-11)18-9-14(17)16(2)12-6-7-12/h3-5,8,10,12H,6-7,9,15H2,1-2H3. The molecule has 1 aliphatic carbocycles. The smallest absolute Gasteiger partial charge is 0.232 e. The minimum atomic E-state index is 0.0374. The second-order valence-electron chi connectivity index (χ2n) is 4.89. The van der Waals surface area contributed by atoms with Crippen molar-refractivity contribution < 1.29 is 4.79 Å². The number of rotatable bonds is 5. The second kappa shape index (κ2) is 5.76. The van der Waals surface area contributed by atoms with Gasteiger partial charge in [-0.3, -0.25) is 4.79 Å². The van der Waals surface area contributed by atoms with Crippen molar-refractivity contribution in [1.82, 2.24) is 4.90 Å². The highest BCUT2D eigenvalue weighted by Crippen LogP contribution is 2.27. The van der Waals surface area contributed by atoms with Gasteiger partial charge in [-0.15, -0.1) is 11.8 Å². The zero-order valence-corrected chi connectivity index (χ0v) is 11.7. The van der Waals surface area contributed by atoms with Crippen LogP contribution in [-0.2, 0) is 4.79 Å². The Kier molecular flexibility index (Phi) is 4.30. The van der Waals surface area contributed by atoms with Gasteiger partial charge in [-0.25, -0.2) is 0 Å². The lowest BCUT2D eigenvalue weighted by Crippen LogP contribution is -2.30. The van der Waals surface area contributed by atoms with Crippen LogP contribution >= 0.6 is 11.8 Å². The Morgan fingerprint density at radius 1 is 1.56 bits per heavy atom. The molecule has 1 aromatic rings. The Hall–Kier alpha value is -1.00. The molecule has 3 nitrogen and oxygen atoms in total. The number of amides is 1. The quantitative estimate of drug-likeness (QED) is 0.831. The predicted molar refractivity (Wildman–Crippen MR) is 75.6 cm³/mol. The van der Waals surface area contributed by atoms with Crippen LogP contribution in [0.3, 0.4) is 0 Å². The maximum absolute atomic E-state index is 11.9. The van der Waals surface area contributed by atoms with Gasteiger partial charge in [0.1, 0.15) is 0 Å². The van der Waals surface area contributed by atoms with E-state index in [0.29, 0.717) is 11.8 Å². The Morgan fingerprint density at radius 2 is 2.28 bits per heavy atom. The Labute approximate surface area is 113 Å². The van der Waals surface area contributed by atoms with Crippen molar-refractivity contribution in [2.75, 3.05) is 12.8 Å². The van der Waals surface area contributed by atoms with E-state index in [1.807, 2.05) is 37.1 Å². The van der Waals surface area contributed by atoms with Crippen molar-refractivity contribution in [3.63, 3.8) is 0 Å². The van der Waals surface area contributed by atoms with E-state index in [1.54, 1.807) is 11.8 Å². The SMILES string of the molecule is CC(N)c1cccc(SCC(=O)N(C)C2CC2)c1. The van der Waals surface area contributed by atoms with Crippen LogP contribution in [0.25, 0.3) is 0 Å². The molecule has 1 fully saturated rings. The molecule has 0 aliphatic heterocycles. The van der Waals surface area contributed by atoms with Crippen molar-refractivity contribution in [1.29, 1.82) is 0 Å². The molecule has 0 saturated heterocycles. The van der Waals surface area contributed by atoms with Gasteiger partial charge < -0.3 is 10.6 Å². The Morgan fingerprint density at radius 3 is 2.89 bits per heavy atom. The van der Waals surface area contributed by atoms with Gasteiger partial charge in [0.25, 0.3) is 0 Å². The van der Waals surface area contributed by atoms with E-state index in [1.165, 1.54) is 0 Å². The van der Waals surface area contributed by atoms with Crippen LogP contribution in [-0.4, -0.2) is 29.6 Å². The van der Waals surface area contributed by atoms with Crippen LogP contribution in [0.4, 0.5) is 0 Å². The first kappa shape index (κ1) is 13.4. The zero-order chi connectivity index (χ0) is 13.1. The lowest BCUT2D eigenvalue weighted by Gasteiger charge is -2.16. The van der Waals surface area contributed by atoms with Gasteiger partial charge in [0.2, 0.25) is 5.91 Å². The Balaban J connectivity index is 1.89. The van der Waals surface area contributed by atoms with Gasteiger partial charge in [0.05, 0.1) is 5.75 Å². The molecule has 0 heterocycles. The molecule has 2 N–H and O–H groups in total.